The number of sulfone groups is 1. The predicted octanol–water partition coefficient (Wildman–Crippen LogP) is 2.49. The normalized spacial score (nSPS) is 18.7. The SMILES string of the molecule is Cc1ccc(NC(=S)N/N=C\c2c(C)nn([C@@H]3CCS(=O)(=O)C3)c2C)cc1. The van der Waals surface area contributed by atoms with Gasteiger partial charge < -0.3 is 5.32 Å². The number of hydrazone groups is 1. The van der Waals surface area contributed by atoms with Gasteiger partial charge in [0.2, 0.25) is 0 Å². The lowest BCUT2D eigenvalue weighted by Crippen LogP contribution is -2.23. The number of hydrogen-bond donors (Lipinski definition) is 2. The molecule has 2 aromatic rings. The molecule has 0 unspecified atom stereocenters. The van der Waals surface area contributed by atoms with Crippen LogP contribution in [0.5, 0.6) is 0 Å². The highest BCUT2D eigenvalue weighted by Gasteiger charge is 2.31. The van der Waals surface area contributed by atoms with Crippen molar-refractivity contribution >= 4 is 39.1 Å². The van der Waals surface area contributed by atoms with Crippen LogP contribution in [0.25, 0.3) is 0 Å². The van der Waals surface area contributed by atoms with Crippen molar-refractivity contribution in [2.75, 3.05) is 16.8 Å². The first kappa shape index (κ1) is 19.5. The van der Waals surface area contributed by atoms with Crippen molar-refractivity contribution in [1.29, 1.82) is 0 Å². The molecule has 9 heteroatoms. The highest BCUT2D eigenvalue weighted by molar-refractivity contribution is 7.91. The van der Waals surface area contributed by atoms with E-state index >= 15 is 0 Å². The van der Waals surface area contributed by atoms with Crippen LogP contribution in [-0.2, 0) is 9.84 Å². The van der Waals surface area contributed by atoms with E-state index < -0.39 is 9.84 Å². The summed E-state index contributed by atoms with van der Waals surface area (Å²) < 4.78 is 25.3. The third-order valence-electron chi connectivity index (χ3n) is 4.60. The Morgan fingerprint density at radius 1 is 1.30 bits per heavy atom. The van der Waals surface area contributed by atoms with Crippen LogP contribution in [0.2, 0.25) is 0 Å². The van der Waals surface area contributed by atoms with Gasteiger partial charge in [0.05, 0.1) is 29.5 Å². The van der Waals surface area contributed by atoms with E-state index in [-0.39, 0.29) is 17.5 Å². The van der Waals surface area contributed by atoms with Crippen molar-refractivity contribution in [3.63, 3.8) is 0 Å². The van der Waals surface area contributed by atoms with E-state index in [0.717, 1.165) is 22.6 Å². The quantitative estimate of drug-likeness (QED) is 0.462. The Morgan fingerprint density at radius 3 is 2.63 bits per heavy atom. The van der Waals surface area contributed by atoms with Gasteiger partial charge >= 0.3 is 0 Å². The van der Waals surface area contributed by atoms with Crippen molar-refractivity contribution in [1.82, 2.24) is 15.2 Å². The fraction of sp³-hybridized carbons (Fsp3) is 0.389. The van der Waals surface area contributed by atoms with Gasteiger partial charge in [-0.05, 0) is 51.5 Å². The number of anilines is 1. The number of thiocarbonyl (C=S) groups is 1. The molecule has 0 radical (unpaired) electrons. The van der Waals surface area contributed by atoms with Gasteiger partial charge in [-0.2, -0.15) is 10.2 Å². The van der Waals surface area contributed by atoms with Crippen LogP contribution in [0.1, 0.15) is 35.0 Å². The Morgan fingerprint density at radius 2 is 2.00 bits per heavy atom. The molecular formula is C18H23N5O2S2. The van der Waals surface area contributed by atoms with Crippen LogP contribution in [0.4, 0.5) is 5.69 Å². The number of aromatic nitrogens is 2. The molecule has 144 valence electrons. The second-order valence-electron chi connectivity index (χ2n) is 6.78. The van der Waals surface area contributed by atoms with Gasteiger partial charge in [-0.15, -0.1) is 0 Å². The van der Waals surface area contributed by atoms with Gasteiger partial charge in [-0.1, -0.05) is 17.7 Å². The Balaban J connectivity index is 1.65. The average Bonchev–Trinajstić information content (AvgIpc) is 3.10. The molecule has 1 fully saturated rings. The molecule has 2 heterocycles. The van der Waals surface area contributed by atoms with E-state index in [1.165, 1.54) is 5.56 Å². The Labute approximate surface area is 164 Å². The maximum absolute atomic E-state index is 11.7. The zero-order valence-electron chi connectivity index (χ0n) is 15.6. The number of benzene rings is 1. The fourth-order valence-electron chi connectivity index (χ4n) is 3.14. The molecule has 0 spiro atoms. The Hall–Kier alpha value is -2.26. The third-order valence-corrected chi connectivity index (χ3v) is 6.55. The van der Waals surface area contributed by atoms with Crippen LogP contribution >= 0.6 is 12.2 Å². The van der Waals surface area contributed by atoms with Crippen LogP contribution in [0, 0.1) is 20.8 Å². The topological polar surface area (TPSA) is 88.4 Å². The molecule has 0 amide bonds. The second-order valence-corrected chi connectivity index (χ2v) is 9.41. The molecule has 1 aliphatic heterocycles. The molecule has 2 N–H and O–H groups in total. The monoisotopic (exact) mass is 405 g/mol. The molecule has 1 aliphatic rings. The van der Waals surface area contributed by atoms with E-state index in [9.17, 15) is 8.42 Å². The summed E-state index contributed by atoms with van der Waals surface area (Å²) in [5.74, 6) is 0.369. The first-order valence-corrected chi connectivity index (χ1v) is 10.9. The lowest BCUT2D eigenvalue weighted by Gasteiger charge is -2.10. The van der Waals surface area contributed by atoms with Crippen LogP contribution in [0.15, 0.2) is 29.4 Å². The summed E-state index contributed by atoms with van der Waals surface area (Å²) >= 11 is 5.24. The van der Waals surface area contributed by atoms with Gasteiger partial charge in [-0.3, -0.25) is 10.1 Å². The molecular weight excluding hydrogens is 382 g/mol. The van der Waals surface area contributed by atoms with E-state index in [2.05, 4.69) is 20.9 Å². The minimum Gasteiger partial charge on any atom is -0.331 e. The molecule has 7 nitrogen and oxygen atoms in total. The summed E-state index contributed by atoms with van der Waals surface area (Å²) in [6.45, 7) is 5.84. The van der Waals surface area contributed by atoms with Gasteiger partial charge in [0.15, 0.2) is 14.9 Å². The molecule has 1 atom stereocenters. The van der Waals surface area contributed by atoms with Crippen LogP contribution in [0.3, 0.4) is 0 Å². The molecule has 1 aromatic carbocycles. The Kier molecular flexibility index (Phi) is 5.61. The van der Waals surface area contributed by atoms with E-state index in [1.807, 2.05) is 49.7 Å². The van der Waals surface area contributed by atoms with Gasteiger partial charge in [0.25, 0.3) is 0 Å². The molecule has 0 aliphatic carbocycles. The number of nitrogens with one attached hydrogen (secondary N) is 2. The van der Waals surface area contributed by atoms with Crippen molar-refractivity contribution < 1.29 is 8.42 Å². The lowest BCUT2D eigenvalue weighted by molar-refractivity contribution is 0.486. The standard InChI is InChI=1S/C18H23N5O2S2/c1-12-4-6-15(7-5-12)20-18(26)21-19-10-17-13(2)22-23(14(17)3)16-8-9-27(24,25)11-16/h4-7,10,16H,8-9,11H2,1-3H3,(H2,20,21,26)/b19-10-/t16-/m1/s1. The minimum atomic E-state index is -2.96. The lowest BCUT2D eigenvalue weighted by atomic mass is 10.2. The first-order chi connectivity index (χ1) is 12.7. The zero-order valence-corrected chi connectivity index (χ0v) is 17.2. The third kappa shape index (κ3) is 4.72. The molecule has 1 saturated heterocycles. The minimum absolute atomic E-state index is 0.104. The van der Waals surface area contributed by atoms with E-state index in [4.69, 9.17) is 12.2 Å². The summed E-state index contributed by atoms with van der Waals surface area (Å²) in [6.07, 6.45) is 2.27. The maximum Gasteiger partial charge on any atom is 0.191 e. The van der Waals surface area contributed by atoms with Crippen molar-refractivity contribution in [2.45, 2.75) is 33.2 Å². The van der Waals surface area contributed by atoms with Crippen LogP contribution in [-0.4, -0.2) is 41.0 Å². The number of rotatable bonds is 4. The van der Waals surface area contributed by atoms with Crippen molar-refractivity contribution in [3.8, 4) is 0 Å². The number of hydrogen-bond acceptors (Lipinski definition) is 5. The summed E-state index contributed by atoms with van der Waals surface area (Å²) in [5.41, 5.74) is 7.43. The maximum atomic E-state index is 11.7. The highest BCUT2D eigenvalue weighted by Crippen LogP contribution is 2.26. The summed E-state index contributed by atoms with van der Waals surface area (Å²) in [5, 5.41) is 12.2. The van der Waals surface area contributed by atoms with Crippen molar-refractivity contribution in [2.24, 2.45) is 5.10 Å². The van der Waals surface area contributed by atoms with E-state index in [1.54, 1.807) is 6.21 Å². The predicted molar refractivity (Wildman–Crippen MR) is 112 cm³/mol. The summed E-state index contributed by atoms with van der Waals surface area (Å²) in [7, 11) is -2.96. The molecule has 0 saturated carbocycles. The van der Waals surface area contributed by atoms with Gasteiger partial charge in [0, 0.05) is 16.9 Å². The molecule has 1 aromatic heterocycles. The summed E-state index contributed by atoms with van der Waals surface area (Å²) in [4.78, 5) is 0. The average molecular weight is 406 g/mol. The van der Waals surface area contributed by atoms with Crippen molar-refractivity contribution in [3.05, 3.63) is 46.8 Å². The number of aryl methyl sites for hydroxylation is 2. The smallest absolute Gasteiger partial charge is 0.191 e. The fourth-order valence-corrected chi connectivity index (χ4v) is 5.00. The number of nitrogens with zero attached hydrogens (tertiary/aromatic N) is 3. The largest absolute Gasteiger partial charge is 0.331 e. The van der Waals surface area contributed by atoms with Crippen LogP contribution < -0.4 is 10.7 Å². The Bertz CT molecular complexity index is 978. The zero-order chi connectivity index (χ0) is 19.6. The van der Waals surface area contributed by atoms with E-state index in [0.29, 0.717) is 11.5 Å². The van der Waals surface area contributed by atoms with Gasteiger partial charge in [-0.25, -0.2) is 8.42 Å². The van der Waals surface area contributed by atoms with Gasteiger partial charge in [0.1, 0.15) is 0 Å². The second kappa shape index (κ2) is 7.77. The summed E-state index contributed by atoms with van der Waals surface area (Å²) in [6, 6.07) is 7.78. The molecule has 0 bridgehead atoms. The molecule has 3 rings (SSSR count). The molecule has 27 heavy (non-hydrogen) atoms. The first-order valence-electron chi connectivity index (χ1n) is 8.68. The highest BCUT2D eigenvalue weighted by atomic mass is 32.2.